The number of carboxylic acid groups (broad SMARTS) is 1. The lowest BCUT2D eigenvalue weighted by atomic mass is 10.1. The molecule has 5 nitrogen and oxygen atoms in total. The number of nitrogens with zero attached hydrogens (tertiary/aromatic N) is 1. The maximum atomic E-state index is 11.9. The van der Waals surface area contributed by atoms with Crippen LogP contribution in [0, 0.1) is 0 Å². The zero-order valence-electron chi connectivity index (χ0n) is 10.8. The van der Waals surface area contributed by atoms with E-state index in [1.165, 1.54) is 4.90 Å². The Bertz CT molecular complexity index is 282. The van der Waals surface area contributed by atoms with E-state index in [-0.39, 0.29) is 19.0 Å². The smallest absolute Gasteiger partial charge is 0.317 e. The summed E-state index contributed by atoms with van der Waals surface area (Å²) >= 11 is 0. The Balaban J connectivity index is 4.41. The molecule has 0 aliphatic rings. The molecule has 0 spiro atoms. The van der Waals surface area contributed by atoms with E-state index in [0.29, 0.717) is 13.0 Å². The summed E-state index contributed by atoms with van der Waals surface area (Å²) in [5.41, 5.74) is -0.395. The Morgan fingerprint density at radius 3 is 2.41 bits per heavy atom. The van der Waals surface area contributed by atoms with Crippen LogP contribution in [0.3, 0.4) is 0 Å². The number of amides is 2. The average Bonchev–Trinajstić information content (AvgIpc) is 2.15. The Hall–Kier alpha value is -1.52. The van der Waals surface area contributed by atoms with Crippen LogP contribution in [0.4, 0.5) is 4.79 Å². The molecule has 17 heavy (non-hydrogen) atoms. The summed E-state index contributed by atoms with van der Waals surface area (Å²) in [6, 6.07) is -0.236. The molecule has 2 amide bonds. The second-order valence-corrected chi connectivity index (χ2v) is 4.78. The van der Waals surface area contributed by atoms with Crippen LogP contribution >= 0.6 is 0 Å². The van der Waals surface area contributed by atoms with Crippen molar-refractivity contribution in [2.45, 2.75) is 39.2 Å². The number of hydrogen-bond donors (Lipinski definition) is 2. The molecule has 5 heteroatoms. The van der Waals surface area contributed by atoms with Crippen molar-refractivity contribution in [2.24, 2.45) is 0 Å². The van der Waals surface area contributed by atoms with Crippen molar-refractivity contribution in [3.63, 3.8) is 0 Å². The van der Waals surface area contributed by atoms with Crippen molar-refractivity contribution in [3.8, 4) is 0 Å². The van der Waals surface area contributed by atoms with E-state index < -0.39 is 11.5 Å². The van der Waals surface area contributed by atoms with Crippen LogP contribution in [0.1, 0.15) is 33.6 Å². The molecule has 0 aromatic carbocycles. The van der Waals surface area contributed by atoms with Gasteiger partial charge >= 0.3 is 12.0 Å². The first-order valence-corrected chi connectivity index (χ1v) is 5.67. The van der Waals surface area contributed by atoms with E-state index in [1.807, 2.05) is 20.8 Å². The third-order valence-corrected chi connectivity index (χ3v) is 2.23. The predicted molar refractivity (Wildman–Crippen MR) is 66.9 cm³/mol. The molecule has 0 saturated carbocycles. The lowest BCUT2D eigenvalue weighted by molar-refractivity contribution is -0.137. The van der Waals surface area contributed by atoms with Crippen LogP contribution in [0.25, 0.3) is 0 Å². The molecule has 2 N–H and O–H groups in total. The number of carbonyl (C=O) groups is 2. The van der Waals surface area contributed by atoms with Crippen molar-refractivity contribution in [2.75, 3.05) is 13.1 Å². The van der Waals surface area contributed by atoms with Gasteiger partial charge in [-0.05, 0) is 27.2 Å². The first-order valence-electron chi connectivity index (χ1n) is 5.67. The maximum Gasteiger partial charge on any atom is 0.317 e. The Labute approximate surface area is 102 Å². The van der Waals surface area contributed by atoms with Gasteiger partial charge in [-0.15, -0.1) is 6.58 Å². The summed E-state index contributed by atoms with van der Waals surface area (Å²) < 4.78 is 0. The van der Waals surface area contributed by atoms with Gasteiger partial charge in [0.05, 0.1) is 6.42 Å². The fourth-order valence-corrected chi connectivity index (χ4v) is 1.33. The van der Waals surface area contributed by atoms with Crippen LogP contribution in [0.15, 0.2) is 12.7 Å². The molecule has 0 aliphatic heterocycles. The lowest BCUT2D eigenvalue weighted by Crippen LogP contribution is -2.51. The predicted octanol–water partition coefficient (Wildman–Crippen LogP) is 1.85. The molecule has 0 rings (SSSR count). The van der Waals surface area contributed by atoms with Gasteiger partial charge in [0.15, 0.2) is 0 Å². The minimum absolute atomic E-state index is 0.0495. The summed E-state index contributed by atoms with van der Waals surface area (Å²) in [6.45, 7) is 9.92. The van der Waals surface area contributed by atoms with Gasteiger partial charge in [0.1, 0.15) is 0 Å². The van der Waals surface area contributed by atoms with E-state index in [0.717, 1.165) is 0 Å². The molecule has 0 aromatic rings. The van der Waals surface area contributed by atoms with E-state index >= 15 is 0 Å². The normalized spacial score (nSPS) is 10.8. The van der Waals surface area contributed by atoms with Gasteiger partial charge in [0.25, 0.3) is 0 Å². The molecule has 98 valence electrons. The quantitative estimate of drug-likeness (QED) is 0.551. The van der Waals surface area contributed by atoms with Gasteiger partial charge in [-0.3, -0.25) is 4.79 Å². The first kappa shape index (κ1) is 15.5. The topological polar surface area (TPSA) is 69.6 Å². The summed E-state index contributed by atoms with van der Waals surface area (Å²) in [7, 11) is 0. The van der Waals surface area contributed by atoms with Gasteiger partial charge in [0, 0.05) is 18.6 Å². The second kappa shape index (κ2) is 6.93. The average molecular weight is 242 g/mol. The number of nitrogens with one attached hydrogen (secondary N) is 1. The van der Waals surface area contributed by atoms with Crippen LogP contribution in [-0.2, 0) is 4.79 Å². The van der Waals surface area contributed by atoms with Crippen LogP contribution in [0.5, 0.6) is 0 Å². The molecule has 0 atom stereocenters. The Morgan fingerprint density at radius 1 is 1.41 bits per heavy atom. The zero-order chi connectivity index (χ0) is 13.5. The van der Waals surface area contributed by atoms with Crippen LogP contribution in [-0.4, -0.2) is 40.6 Å². The third kappa shape index (κ3) is 6.60. The number of hydrogen-bond acceptors (Lipinski definition) is 2. The molecular formula is C12H22N2O3. The number of aliphatic carboxylic acids is 1. The summed E-state index contributed by atoms with van der Waals surface area (Å²) in [5, 5.41) is 11.4. The van der Waals surface area contributed by atoms with Gasteiger partial charge < -0.3 is 15.3 Å². The summed E-state index contributed by atoms with van der Waals surface area (Å²) in [6.07, 6.45) is 2.37. The van der Waals surface area contributed by atoms with Gasteiger partial charge in [-0.2, -0.15) is 0 Å². The molecule has 0 heterocycles. The number of urea groups is 1. The fraction of sp³-hybridized carbons (Fsp3) is 0.667. The standard InChI is InChI=1S/C12H22N2O3/c1-5-6-8-13-11(17)14(12(2,3)4)9-7-10(15)16/h5H,1,6-9H2,2-4H3,(H,13,17)(H,15,16). The molecule has 0 fully saturated rings. The van der Waals surface area contributed by atoms with Gasteiger partial charge in [-0.1, -0.05) is 6.08 Å². The van der Waals surface area contributed by atoms with E-state index in [4.69, 9.17) is 5.11 Å². The zero-order valence-corrected chi connectivity index (χ0v) is 10.8. The van der Waals surface area contributed by atoms with Crippen molar-refractivity contribution >= 4 is 12.0 Å². The van der Waals surface area contributed by atoms with Crippen LogP contribution < -0.4 is 5.32 Å². The van der Waals surface area contributed by atoms with Crippen molar-refractivity contribution in [3.05, 3.63) is 12.7 Å². The van der Waals surface area contributed by atoms with E-state index in [9.17, 15) is 9.59 Å². The minimum Gasteiger partial charge on any atom is -0.481 e. The lowest BCUT2D eigenvalue weighted by Gasteiger charge is -2.35. The Morgan fingerprint density at radius 2 is 2.00 bits per heavy atom. The molecule has 0 unspecified atom stereocenters. The molecule has 0 saturated heterocycles. The van der Waals surface area contributed by atoms with Gasteiger partial charge in [-0.25, -0.2) is 4.79 Å². The first-order chi connectivity index (χ1) is 7.79. The molecule has 0 aromatic heterocycles. The number of carbonyl (C=O) groups excluding carboxylic acids is 1. The van der Waals surface area contributed by atoms with Crippen molar-refractivity contribution < 1.29 is 14.7 Å². The largest absolute Gasteiger partial charge is 0.481 e. The number of carboxylic acids is 1. The summed E-state index contributed by atoms with van der Waals surface area (Å²) in [4.78, 5) is 23.9. The molecule has 0 aliphatic carbocycles. The van der Waals surface area contributed by atoms with Crippen molar-refractivity contribution in [1.29, 1.82) is 0 Å². The third-order valence-electron chi connectivity index (χ3n) is 2.23. The van der Waals surface area contributed by atoms with Gasteiger partial charge in [0.2, 0.25) is 0 Å². The van der Waals surface area contributed by atoms with E-state index in [1.54, 1.807) is 6.08 Å². The maximum absolute atomic E-state index is 11.9. The molecule has 0 bridgehead atoms. The van der Waals surface area contributed by atoms with E-state index in [2.05, 4.69) is 11.9 Å². The Kier molecular flexibility index (Phi) is 6.31. The summed E-state index contributed by atoms with van der Waals surface area (Å²) in [5.74, 6) is -0.904. The second-order valence-electron chi connectivity index (χ2n) is 4.78. The highest BCUT2D eigenvalue weighted by Crippen LogP contribution is 2.13. The monoisotopic (exact) mass is 242 g/mol. The number of rotatable bonds is 6. The van der Waals surface area contributed by atoms with Crippen LogP contribution in [0.2, 0.25) is 0 Å². The molecule has 0 radical (unpaired) electrons. The fourth-order valence-electron chi connectivity index (χ4n) is 1.33. The highest BCUT2D eigenvalue weighted by molar-refractivity contribution is 5.76. The minimum atomic E-state index is -0.904. The van der Waals surface area contributed by atoms with Crippen molar-refractivity contribution in [1.82, 2.24) is 10.2 Å². The SMILES string of the molecule is C=CCCNC(=O)N(CCC(=O)O)C(C)(C)C. The molecular weight excluding hydrogens is 220 g/mol. The highest BCUT2D eigenvalue weighted by atomic mass is 16.4. The highest BCUT2D eigenvalue weighted by Gasteiger charge is 2.26.